The van der Waals surface area contributed by atoms with Crippen LogP contribution in [0.15, 0.2) is 285 Å². The number of H-pyrrole nitrogens is 2. The maximum atomic E-state index is 13.9. The number of Topliss-reactive ketones (excluding diaryl/α,β-unsaturated/α-hetero) is 1. The largest absolute Gasteiger partial charge is 1.00 e. The molecule has 132 heavy (non-hydrogen) atoms. The van der Waals surface area contributed by atoms with Gasteiger partial charge in [-0.15, -0.1) is 34.0 Å². The Kier molecular flexibility index (Phi) is 48.2. The molecule has 0 unspecified atom stereocenters. The van der Waals surface area contributed by atoms with Gasteiger partial charge in [-0.1, -0.05) is 282 Å². The number of rotatable bonds is 18. The highest BCUT2D eigenvalue weighted by Crippen LogP contribution is 2.34. The molecule has 0 spiro atoms. The Labute approximate surface area is 812 Å². The highest BCUT2D eigenvalue weighted by Gasteiger charge is 2.33. The van der Waals surface area contributed by atoms with Crippen LogP contribution in [-0.4, -0.2) is 145 Å². The van der Waals surface area contributed by atoms with Gasteiger partial charge in [0.25, 0.3) is 28.5 Å². The number of benzene rings is 8. The molecule has 20 nitrogen and oxygen atoms in total. The third kappa shape index (κ3) is 31.3. The van der Waals surface area contributed by atoms with E-state index in [0.717, 1.165) is 68.5 Å². The predicted molar refractivity (Wildman–Crippen MR) is 531 cm³/mol. The van der Waals surface area contributed by atoms with Gasteiger partial charge in [-0.25, -0.2) is 18.8 Å². The van der Waals surface area contributed by atoms with Crippen LogP contribution in [0.5, 0.6) is 0 Å². The van der Waals surface area contributed by atoms with E-state index in [1.807, 2.05) is 189 Å². The second kappa shape index (κ2) is 58.1. The van der Waals surface area contributed by atoms with Gasteiger partial charge in [-0.2, -0.15) is 0 Å². The number of piperidine rings is 1. The SMILES string of the molecule is BrCc1ccccc1.BrCc1ccccc1.BrCc1ccccc1.BrCc1ccccc1.CCOC(=O)c1c(Cl)c2ccccc2[nH]c1=O.CCOC(=O)c1c(N2CCN(C(=O)c3cccs3)CC2)c2ccccc2[nH]c1=O.CCOC(=O)c1c(N2CCN(C(=O)c3cccs3)CC2)c2ccccc2n(Cc2ccc(F)cc2)c1=O.O=C(c1cccs1)C1CCNCC1.[F-].[F-].[F-].[F-]. The standard InChI is InChI=1S/C28H26FN3O4S.C21H21N3O4S.C12H10ClNO3.C10H13NOS.4C7H7Br.4FH/c1-2-36-28(35)24-25(30-13-15-31(16-14-30)26(33)23-8-5-17-37-23)21-6-3-4-7-22(21)32(27(24)34)18-19-9-11-20(29)12-10-19;1-2-28-21(27)17-18(14-6-3-4-7-15(14)22-19(17)25)23-9-11-24(12-10-23)20(26)16-8-5-13-29-16;1-2-17-12(16)9-10(13)7-5-3-4-6-8(7)14-11(9)15;12-10(9-2-1-7-13-9)8-3-5-11-6-4-8;4*8-6-7-4-2-1-3-5-7;;;;/h3-12,17H,2,13-16,18H2,1H3;3-8,13H,2,9-12H2,1H3,(H,22,25);3-6H,2H2,1H3,(H,14,15);1-2,7-8,11H,3-6H2;4*1-5H,6H2;4*1H/p-4. The lowest BCUT2D eigenvalue weighted by atomic mass is 9.93. The van der Waals surface area contributed by atoms with E-state index in [1.54, 1.807) is 73.4 Å². The first kappa shape index (κ1) is 110. The van der Waals surface area contributed by atoms with Crippen LogP contribution in [0, 0.1) is 11.7 Å². The maximum absolute atomic E-state index is 13.9. The topological polar surface area (TPSA) is 243 Å². The minimum Gasteiger partial charge on any atom is -1.00 e. The van der Waals surface area contributed by atoms with Crippen molar-refractivity contribution in [2.75, 3.05) is 95.1 Å². The number of para-hydroxylation sites is 3. The summed E-state index contributed by atoms with van der Waals surface area (Å²) in [6, 6.07) is 80.1. The number of aromatic amines is 2. The molecule has 0 radical (unpaired) electrons. The van der Waals surface area contributed by atoms with E-state index in [2.05, 4.69) is 128 Å². The molecular weight excluding hydrogens is 2040 g/mol. The zero-order valence-electron chi connectivity index (χ0n) is 72.3. The number of thiophene rings is 3. The molecule has 33 heteroatoms. The number of alkyl halides is 4. The van der Waals surface area contributed by atoms with E-state index in [-0.39, 0.29) is 90.4 Å². The molecule has 698 valence electrons. The Morgan fingerprint density at radius 2 is 0.750 bits per heavy atom. The van der Waals surface area contributed by atoms with Crippen molar-refractivity contribution < 1.29 is 66.2 Å². The third-order valence-corrected chi connectivity index (χ3v) is 25.9. The van der Waals surface area contributed by atoms with Crippen LogP contribution in [0.4, 0.5) is 15.8 Å². The van der Waals surface area contributed by atoms with Crippen molar-refractivity contribution in [3.63, 3.8) is 0 Å². The smallest absolute Gasteiger partial charge is 0.345 e. The van der Waals surface area contributed by atoms with Crippen LogP contribution in [0.25, 0.3) is 32.7 Å². The molecule has 3 aliphatic rings. The van der Waals surface area contributed by atoms with Gasteiger partial charge >= 0.3 is 17.9 Å². The Morgan fingerprint density at radius 1 is 0.402 bits per heavy atom. The zero-order valence-corrected chi connectivity index (χ0v) is 81.9. The summed E-state index contributed by atoms with van der Waals surface area (Å²) in [5, 5.41) is 15.1. The maximum Gasteiger partial charge on any atom is 0.345 e. The monoisotopic (exact) mass is 2130 g/mol. The number of amides is 2. The van der Waals surface area contributed by atoms with Gasteiger partial charge in [0.1, 0.15) is 22.5 Å². The van der Waals surface area contributed by atoms with E-state index in [1.165, 1.54) is 61.6 Å². The number of nitrogens with one attached hydrogen (secondary N) is 3. The van der Waals surface area contributed by atoms with Crippen LogP contribution < -0.4 is 50.6 Å². The van der Waals surface area contributed by atoms with Gasteiger partial charge in [-0.05, 0) is 139 Å². The molecule has 0 bridgehead atoms. The number of pyridine rings is 3. The molecule has 0 aliphatic carbocycles. The molecular formula is C99H98Br4ClF5N8O12S3-4. The van der Waals surface area contributed by atoms with Gasteiger partial charge in [0.2, 0.25) is 0 Å². The van der Waals surface area contributed by atoms with Crippen LogP contribution in [0.2, 0.25) is 5.02 Å². The molecule has 6 aromatic heterocycles. The number of ketones is 1. The van der Waals surface area contributed by atoms with E-state index in [0.29, 0.717) is 101 Å². The minimum absolute atomic E-state index is 0. The summed E-state index contributed by atoms with van der Waals surface area (Å²) >= 11 is 23.9. The molecule has 3 saturated heterocycles. The van der Waals surface area contributed by atoms with Crippen LogP contribution in [0.3, 0.4) is 0 Å². The van der Waals surface area contributed by atoms with Gasteiger partial charge in [-0.3, -0.25) is 28.8 Å². The second-order valence-electron chi connectivity index (χ2n) is 28.7. The number of hydrogen-bond acceptors (Lipinski definition) is 18. The minimum atomic E-state index is -0.704. The quantitative estimate of drug-likeness (QED) is 0.0238. The number of esters is 3. The zero-order chi connectivity index (χ0) is 91.1. The predicted octanol–water partition coefficient (Wildman–Crippen LogP) is 9.75. The number of carbonyl (C=O) groups is 6. The summed E-state index contributed by atoms with van der Waals surface area (Å²) in [5.41, 5.74) is 7.44. The van der Waals surface area contributed by atoms with Gasteiger partial charge in [0.05, 0.1) is 68.4 Å². The molecule has 0 atom stereocenters. The molecule has 3 fully saturated rings. The first-order chi connectivity index (χ1) is 62.3. The van der Waals surface area contributed by atoms with E-state index in [9.17, 15) is 47.5 Å². The number of carbonyl (C=O) groups excluding carboxylic acids is 6. The highest BCUT2D eigenvalue weighted by molar-refractivity contribution is 9.09. The number of nitrogens with zero attached hydrogens (tertiary/aromatic N) is 5. The number of piperazine rings is 2. The van der Waals surface area contributed by atoms with Crippen molar-refractivity contribution in [3.05, 3.63) is 372 Å². The molecule has 2 amide bonds. The molecule has 17 rings (SSSR count). The summed E-state index contributed by atoms with van der Waals surface area (Å²) in [6.07, 6.45) is 1.99. The van der Waals surface area contributed by atoms with E-state index >= 15 is 0 Å². The molecule has 14 aromatic rings. The average Bonchev–Trinajstić information content (AvgIpc) is 1.20. The van der Waals surface area contributed by atoms with Crippen molar-refractivity contribution in [2.45, 2.75) is 61.5 Å². The molecule has 3 aliphatic heterocycles. The third-order valence-electron chi connectivity index (χ3n) is 20.3. The summed E-state index contributed by atoms with van der Waals surface area (Å²) in [7, 11) is 0. The van der Waals surface area contributed by atoms with Crippen molar-refractivity contribution in [3.8, 4) is 0 Å². The van der Waals surface area contributed by atoms with Crippen molar-refractivity contribution >= 4 is 189 Å². The first-order valence-corrected chi connectivity index (χ1v) is 49.0. The van der Waals surface area contributed by atoms with Crippen molar-refractivity contribution in [2.24, 2.45) is 5.92 Å². The Hall–Kier alpha value is -11.1. The van der Waals surface area contributed by atoms with E-state index < -0.39 is 34.6 Å². The fourth-order valence-electron chi connectivity index (χ4n) is 13.9. The Bertz CT molecular complexity index is 5910. The highest BCUT2D eigenvalue weighted by atomic mass is 79.9. The first-order valence-electron chi connectivity index (χ1n) is 41.5. The number of ether oxygens (including phenoxy) is 3. The molecule has 0 saturated carbocycles. The lowest BCUT2D eigenvalue weighted by Gasteiger charge is -2.37. The fraction of sp³-hybridized carbons (Fsp3) is 0.242. The van der Waals surface area contributed by atoms with E-state index in [4.69, 9.17) is 25.8 Å². The summed E-state index contributed by atoms with van der Waals surface area (Å²) in [5.74, 6) is -1.77. The number of fused-ring (bicyclic) bond motifs is 3. The second-order valence-corrected chi connectivity index (χ2v) is 34.2. The number of anilines is 2. The molecule has 9 heterocycles. The number of hydrogen-bond donors (Lipinski definition) is 3. The van der Waals surface area contributed by atoms with Crippen LogP contribution in [-0.2, 0) is 42.1 Å². The summed E-state index contributed by atoms with van der Waals surface area (Å²) < 4.78 is 30.3. The van der Waals surface area contributed by atoms with Gasteiger partial charge in [0.15, 0.2) is 5.78 Å². The summed E-state index contributed by atoms with van der Waals surface area (Å²) in [6.45, 7) is 11.7. The fourth-order valence-corrected chi connectivity index (χ4v) is 17.9. The Morgan fingerprint density at radius 3 is 1.14 bits per heavy atom. The summed E-state index contributed by atoms with van der Waals surface area (Å²) in [4.78, 5) is 128. The molecule has 8 aromatic carbocycles. The Balaban J connectivity index is 0.000000249. The lowest BCUT2D eigenvalue weighted by molar-refractivity contribution is -0.00100. The van der Waals surface area contributed by atoms with Crippen molar-refractivity contribution in [1.29, 1.82) is 0 Å². The van der Waals surface area contributed by atoms with Crippen LogP contribution in [0.1, 0.15) is 122 Å². The molecule has 3 N–H and O–H groups in total. The number of aromatic nitrogens is 3. The lowest BCUT2D eigenvalue weighted by Crippen LogP contribution is -3.00. The van der Waals surface area contributed by atoms with Crippen LogP contribution >= 0.6 is 109 Å². The number of halogens is 10. The van der Waals surface area contributed by atoms with Gasteiger partial charge in [0, 0.05) is 101 Å². The normalized spacial score (nSPS) is 12.4. The van der Waals surface area contributed by atoms with Crippen molar-refractivity contribution in [1.82, 2.24) is 29.7 Å². The average molecular weight is 2140 g/mol. The van der Waals surface area contributed by atoms with Gasteiger partial charge < -0.3 is 72.5 Å².